The van der Waals surface area contributed by atoms with Gasteiger partial charge in [-0.15, -0.1) is 0 Å². The summed E-state index contributed by atoms with van der Waals surface area (Å²) >= 11 is 0. The van der Waals surface area contributed by atoms with E-state index in [0.29, 0.717) is 0 Å². The lowest BCUT2D eigenvalue weighted by Gasteiger charge is -2.35. The fourth-order valence-electron chi connectivity index (χ4n) is 2.53. The van der Waals surface area contributed by atoms with Crippen molar-refractivity contribution in [1.82, 2.24) is 4.90 Å². The molecule has 0 N–H and O–H groups in total. The average molecular weight is 195 g/mol. The second kappa shape index (κ2) is 6.10. The van der Waals surface area contributed by atoms with Crippen LogP contribution in [0.2, 0.25) is 0 Å². The number of hydrogen-bond donors (Lipinski definition) is 0. The molecular formula is C13H25N. The van der Waals surface area contributed by atoms with Gasteiger partial charge >= 0.3 is 0 Å². The van der Waals surface area contributed by atoms with Crippen molar-refractivity contribution in [3.05, 3.63) is 11.8 Å². The van der Waals surface area contributed by atoms with Gasteiger partial charge in [0.15, 0.2) is 0 Å². The first kappa shape index (κ1) is 11.6. The van der Waals surface area contributed by atoms with E-state index in [4.69, 9.17) is 0 Å². The molecule has 14 heavy (non-hydrogen) atoms. The summed E-state index contributed by atoms with van der Waals surface area (Å²) in [5.41, 5.74) is 1.54. The predicted molar refractivity (Wildman–Crippen MR) is 63.3 cm³/mol. The Morgan fingerprint density at radius 2 is 1.93 bits per heavy atom. The zero-order valence-corrected chi connectivity index (χ0v) is 10.1. The highest BCUT2D eigenvalue weighted by molar-refractivity contribution is 5.00. The molecule has 0 amide bonds. The van der Waals surface area contributed by atoms with Gasteiger partial charge in [0.05, 0.1) is 0 Å². The summed E-state index contributed by atoms with van der Waals surface area (Å²) < 4.78 is 0. The van der Waals surface area contributed by atoms with Crippen LogP contribution in [-0.4, -0.2) is 18.0 Å². The zero-order valence-electron chi connectivity index (χ0n) is 10.1. The highest BCUT2D eigenvalue weighted by atomic mass is 15.1. The molecule has 0 aromatic rings. The lowest BCUT2D eigenvalue weighted by Crippen LogP contribution is -2.32. The largest absolute Gasteiger partial charge is 0.375 e. The van der Waals surface area contributed by atoms with Crippen molar-refractivity contribution in [2.24, 2.45) is 5.92 Å². The van der Waals surface area contributed by atoms with E-state index < -0.39 is 0 Å². The fourth-order valence-corrected chi connectivity index (χ4v) is 2.53. The van der Waals surface area contributed by atoms with Crippen LogP contribution >= 0.6 is 0 Å². The first-order valence-corrected chi connectivity index (χ1v) is 6.21. The SMILES string of the molecule is C/C=C(\CC)N1CCC(CCC)CC1. The van der Waals surface area contributed by atoms with Crippen molar-refractivity contribution in [2.45, 2.75) is 52.9 Å². The predicted octanol–water partition coefficient (Wildman–Crippen LogP) is 3.81. The molecule has 0 atom stereocenters. The number of rotatable bonds is 4. The molecule has 1 rings (SSSR count). The Hall–Kier alpha value is -0.460. The number of piperidine rings is 1. The van der Waals surface area contributed by atoms with E-state index in [1.165, 1.54) is 45.2 Å². The maximum atomic E-state index is 2.58. The smallest absolute Gasteiger partial charge is 0.0177 e. The molecule has 0 unspecified atom stereocenters. The van der Waals surface area contributed by atoms with Gasteiger partial charge < -0.3 is 4.90 Å². The Bertz CT molecular complexity index is 176. The molecule has 0 aromatic heterocycles. The standard InChI is InChI=1S/C13H25N/c1-4-7-12-8-10-14(11-9-12)13(5-2)6-3/h5,12H,4,6-11H2,1-3H3/b13-5+. The third-order valence-electron chi connectivity index (χ3n) is 3.41. The fraction of sp³-hybridized carbons (Fsp3) is 0.846. The normalized spacial score (nSPS) is 20.2. The van der Waals surface area contributed by atoms with Crippen molar-refractivity contribution < 1.29 is 0 Å². The summed E-state index contributed by atoms with van der Waals surface area (Å²) in [6.07, 6.45) is 9.07. The van der Waals surface area contributed by atoms with Crippen LogP contribution in [0.25, 0.3) is 0 Å². The third kappa shape index (κ3) is 3.04. The van der Waals surface area contributed by atoms with Crippen LogP contribution < -0.4 is 0 Å². The van der Waals surface area contributed by atoms with Crippen LogP contribution in [0, 0.1) is 5.92 Å². The Morgan fingerprint density at radius 3 is 2.36 bits per heavy atom. The molecule has 1 saturated heterocycles. The van der Waals surface area contributed by atoms with Gasteiger partial charge in [0, 0.05) is 18.8 Å². The average Bonchev–Trinajstić information content (AvgIpc) is 2.23. The topological polar surface area (TPSA) is 3.24 Å². The molecule has 1 fully saturated rings. The minimum atomic E-state index is 1.01. The zero-order chi connectivity index (χ0) is 10.4. The van der Waals surface area contributed by atoms with Gasteiger partial charge in [-0.2, -0.15) is 0 Å². The van der Waals surface area contributed by atoms with E-state index in [1.54, 1.807) is 5.70 Å². The van der Waals surface area contributed by atoms with Gasteiger partial charge in [0.25, 0.3) is 0 Å². The van der Waals surface area contributed by atoms with Crippen molar-refractivity contribution in [1.29, 1.82) is 0 Å². The van der Waals surface area contributed by atoms with E-state index in [-0.39, 0.29) is 0 Å². The Kier molecular flexibility index (Phi) is 5.06. The van der Waals surface area contributed by atoms with Crippen LogP contribution in [0.3, 0.4) is 0 Å². The lowest BCUT2D eigenvalue weighted by molar-refractivity contribution is 0.214. The van der Waals surface area contributed by atoms with Crippen molar-refractivity contribution in [3.8, 4) is 0 Å². The van der Waals surface area contributed by atoms with Crippen LogP contribution in [0.15, 0.2) is 11.8 Å². The van der Waals surface area contributed by atoms with Crippen LogP contribution in [-0.2, 0) is 0 Å². The maximum absolute atomic E-state index is 2.58. The Labute approximate surface area is 89.2 Å². The minimum absolute atomic E-state index is 1.01. The molecule has 1 nitrogen and oxygen atoms in total. The van der Waals surface area contributed by atoms with Crippen molar-refractivity contribution >= 4 is 0 Å². The molecule has 1 heterocycles. The molecule has 0 bridgehead atoms. The summed E-state index contributed by atoms with van der Waals surface area (Å²) in [5.74, 6) is 1.01. The highest BCUT2D eigenvalue weighted by Crippen LogP contribution is 2.24. The maximum Gasteiger partial charge on any atom is 0.0177 e. The first-order valence-electron chi connectivity index (χ1n) is 6.21. The van der Waals surface area contributed by atoms with Gasteiger partial charge in [-0.3, -0.25) is 0 Å². The molecular weight excluding hydrogens is 170 g/mol. The van der Waals surface area contributed by atoms with Crippen LogP contribution in [0.5, 0.6) is 0 Å². The Morgan fingerprint density at radius 1 is 1.29 bits per heavy atom. The summed E-state index contributed by atoms with van der Waals surface area (Å²) in [5, 5.41) is 0. The summed E-state index contributed by atoms with van der Waals surface area (Å²) in [6, 6.07) is 0. The van der Waals surface area contributed by atoms with Crippen LogP contribution in [0.4, 0.5) is 0 Å². The number of hydrogen-bond acceptors (Lipinski definition) is 1. The van der Waals surface area contributed by atoms with E-state index in [2.05, 4.69) is 31.7 Å². The lowest BCUT2D eigenvalue weighted by atomic mass is 9.92. The third-order valence-corrected chi connectivity index (χ3v) is 3.41. The quantitative estimate of drug-likeness (QED) is 0.659. The summed E-state index contributed by atoms with van der Waals surface area (Å²) in [6.45, 7) is 9.30. The summed E-state index contributed by atoms with van der Waals surface area (Å²) in [7, 11) is 0. The van der Waals surface area contributed by atoms with E-state index in [9.17, 15) is 0 Å². The minimum Gasteiger partial charge on any atom is -0.375 e. The number of nitrogens with zero attached hydrogens (tertiary/aromatic N) is 1. The van der Waals surface area contributed by atoms with Crippen LogP contribution in [0.1, 0.15) is 52.9 Å². The first-order chi connectivity index (χ1) is 6.81. The highest BCUT2D eigenvalue weighted by Gasteiger charge is 2.18. The van der Waals surface area contributed by atoms with E-state index in [1.807, 2.05) is 0 Å². The van der Waals surface area contributed by atoms with Gasteiger partial charge in [-0.05, 0) is 32.1 Å². The molecule has 0 aliphatic carbocycles. The van der Waals surface area contributed by atoms with E-state index in [0.717, 1.165) is 5.92 Å². The molecule has 82 valence electrons. The molecule has 0 spiro atoms. The molecule has 1 aliphatic heterocycles. The van der Waals surface area contributed by atoms with E-state index >= 15 is 0 Å². The van der Waals surface area contributed by atoms with Gasteiger partial charge in [0.1, 0.15) is 0 Å². The molecule has 0 aromatic carbocycles. The van der Waals surface area contributed by atoms with Crippen molar-refractivity contribution in [3.63, 3.8) is 0 Å². The van der Waals surface area contributed by atoms with Crippen molar-refractivity contribution in [2.75, 3.05) is 13.1 Å². The Balaban J connectivity index is 2.35. The monoisotopic (exact) mass is 195 g/mol. The second-order valence-electron chi connectivity index (χ2n) is 4.35. The van der Waals surface area contributed by atoms with Gasteiger partial charge in [-0.1, -0.05) is 32.8 Å². The molecule has 0 radical (unpaired) electrons. The molecule has 1 heteroatoms. The number of likely N-dealkylation sites (tertiary alicyclic amines) is 1. The number of allylic oxidation sites excluding steroid dienone is 2. The van der Waals surface area contributed by atoms with Gasteiger partial charge in [-0.25, -0.2) is 0 Å². The van der Waals surface area contributed by atoms with Gasteiger partial charge in [0.2, 0.25) is 0 Å². The molecule has 1 aliphatic rings. The molecule has 0 saturated carbocycles. The second-order valence-corrected chi connectivity index (χ2v) is 4.35. The summed E-state index contributed by atoms with van der Waals surface area (Å²) in [4.78, 5) is 2.58.